The topological polar surface area (TPSA) is 124 Å². The van der Waals surface area contributed by atoms with Gasteiger partial charge in [-0.2, -0.15) is 8.42 Å². The van der Waals surface area contributed by atoms with Gasteiger partial charge >= 0.3 is 12.2 Å². The molecular formula is C20H31N3O7S. The molecule has 0 aliphatic rings. The summed E-state index contributed by atoms with van der Waals surface area (Å²) in [5.41, 5.74) is 0.563. The third-order valence-corrected chi connectivity index (χ3v) is 4.69. The zero-order valence-electron chi connectivity index (χ0n) is 19.1. The molecule has 1 N–H and O–H groups in total. The number of methoxy groups -OCH3 is 1. The minimum absolute atomic E-state index is 0.0549. The number of carbonyl (C=O) groups excluding carboxylic acids is 2. The zero-order valence-corrected chi connectivity index (χ0v) is 19.9. The summed E-state index contributed by atoms with van der Waals surface area (Å²) in [6.45, 7) is 11.3. The number of sulfonamides is 1. The van der Waals surface area contributed by atoms with Gasteiger partial charge < -0.3 is 14.2 Å². The van der Waals surface area contributed by atoms with Crippen molar-refractivity contribution in [3.63, 3.8) is 0 Å². The van der Waals surface area contributed by atoms with Gasteiger partial charge in [0.05, 0.1) is 12.0 Å². The number of nitrogens with one attached hydrogen (secondary N) is 1. The van der Waals surface area contributed by atoms with Crippen molar-refractivity contribution in [3.05, 3.63) is 30.3 Å². The van der Waals surface area contributed by atoms with Crippen molar-refractivity contribution < 1.29 is 32.2 Å². The Morgan fingerprint density at radius 2 is 1.52 bits per heavy atom. The Labute approximate surface area is 183 Å². The molecule has 2 amide bonds. The fraction of sp³-hybridized carbons (Fsp3) is 0.550. The van der Waals surface area contributed by atoms with Crippen LogP contribution in [0.1, 0.15) is 48.5 Å². The van der Waals surface area contributed by atoms with E-state index in [1.807, 2.05) is 0 Å². The highest BCUT2D eigenvalue weighted by atomic mass is 32.2. The normalized spacial score (nSPS) is 13.7. The molecule has 10 nitrogen and oxygen atoms in total. The first-order valence-electron chi connectivity index (χ1n) is 9.51. The van der Waals surface area contributed by atoms with Crippen molar-refractivity contribution in [2.45, 2.75) is 70.6 Å². The molecule has 0 radical (unpaired) electrons. The zero-order chi connectivity index (χ0) is 24.0. The van der Waals surface area contributed by atoms with E-state index in [2.05, 4.69) is 9.82 Å². The summed E-state index contributed by atoms with van der Waals surface area (Å²) in [6.07, 6.45) is -1.89. The summed E-state index contributed by atoms with van der Waals surface area (Å²) >= 11 is 0. The Bertz CT molecular complexity index is 901. The molecule has 0 aliphatic heterocycles. The summed E-state index contributed by atoms with van der Waals surface area (Å²) in [6, 6.07) is 6.37. The molecule has 1 rings (SSSR count). The Kier molecular flexibility index (Phi) is 8.45. The maximum absolute atomic E-state index is 12.7. The van der Waals surface area contributed by atoms with Crippen LogP contribution in [0.5, 0.6) is 0 Å². The first kappa shape index (κ1) is 26.2. The van der Waals surface area contributed by atoms with E-state index < -0.39 is 39.5 Å². The molecule has 0 heterocycles. The minimum Gasteiger partial charge on any atom is -0.482 e. The van der Waals surface area contributed by atoms with Gasteiger partial charge in [0.25, 0.3) is 10.0 Å². The summed E-state index contributed by atoms with van der Waals surface area (Å²) in [4.78, 5) is 25.0. The Morgan fingerprint density at radius 1 is 1.00 bits per heavy atom. The molecule has 0 saturated heterocycles. The van der Waals surface area contributed by atoms with Gasteiger partial charge in [-0.25, -0.2) is 20.0 Å². The number of benzene rings is 1. The Balaban J connectivity index is 3.30. The van der Waals surface area contributed by atoms with Crippen LogP contribution in [0, 0.1) is 0 Å². The summed E-state index contributed by atoms with van der Waals surface area (Å²) in [5.74, 6) is -0.342. The fourth-order valence-electron chi connectivity index (χ4n) is 2.17. The third-order valence-electron chi connectivity index (χ3n) is 3.41. The van der Waals surface area contributed by atoms with Crippen LogP contribution < -0.4 is 5.43 Å². The number of hydrazine groups is 1. The van der Waals surface area contributed by atoms with E-state index in [1.165, 1.54) is 26.2 Å². The molecule has 0 spiro atoms. The molecule has 1 atom stereocenters. The highest BCUT2D eigenvalue weighted by molar-refractivity contribution is 7.90. The molecule has 1 unspecified atom stereocenters. The van der Waals surface area contributed by atoms with Crippen molar-refractivity contribution in [1.82, 2.24) is 10.4 Å². The molecule has 174 valence electrons. The second kappa shape index (κ2) is 9.99. The van der Waals surface area contributed by atoms with Gasteiger partial charge in [-0.15, -0.1) is 4.40 Å². The van der Waals surface area contributed by atoms with E-state index in [0.717, 1.165) is 5.01 Å². The van der Waals surface area contributed by atoms with Gasteiger partial charge in [0.1, 0.15) is 17.2 Å². The summed E-state index contributed by atoms with van der Waals surface area (Å²) in [7, 11) is -2.92. The second-order valence-electron chi connectivity index (χ2n) is 8.56. The number of nitrogens with zero attached hydrogens (tertiary/aromatic N) is 2. The number of rotatable bonds is 4. The lowest BCUT2D eigenvalue weighted by Gasteiger charge is -2.32. The Morgan fingerprint density at radius 3 is 1.97 bits per heavy atom. The first-order valence-corrected chi connectivity index (χ1v) is 11.0. The largest absolute Gasteiger partial charge is 0.482 e. The molecule has 0 fully saturated rings. The predicted molar refractivity (Wildman–Crippen MR) is 115 cm³/mol. The molecule has 0 aliphatic carbocycles. The number of hydrogen-bond donors (Lipinski definition) is 1. The predicted octanol–water partition coefficient (Wildman–Crippen LogP) is 3.49. The van der Waals surface area contributed by atoms with E-state index in [4.69, 9.17) is 14.2 Å². The molecule has 0 bridgehead atoms. The molecule has 0 saturated carbocycles. The molecule has 31 heavy (non-hydrogen) atoms. The van der Waals surface area contributed by atoms with Crippen molar-refractivity contribution >= 4 is 28.1 Å². The lowest BCUT2D eigenvalue weighted by atomic mass is 10.2. The molecular weight excluding hydrogens is 426 g/mol. The minimum atomic E-state index is -4.13. The number of amides is 2. The molecule has 1 aromatic rings. The van der Waals surface area contributed by atoms with Gasteiger partial charge in [-0.3, -0.25) is 0 Å². The molecule has 1 aromatic carbocycles. The van der Waals surface area contributed by atoms with Gasteiger partial charge in [-0.1, -0.05) is 18.2 Å². The third kappa shape index (κ3) is 8.83. The molecule has 0 aromatic heterocycles. The number of ether oxygens (including phenoxy) is 3. The average molecular weight is 458 g/mol. The Hall–Kier alpha value is -2.82. The number of hydrogen-bond acceptors (Lipinski definition) is 7. The highest BCUT2D eigenvalue weighted by Crippen LogP contribution is 2.16. The van der Waals surface area contributed by atoms with Crippen LogP contribution in [0.4, 0.5) is 9.59 Å². The van der Waals surface area contributed by atoms with Crippen molar-refractivity contribution in [1.29, 1.82) is 0 Å². The van der Waals surface area contributed by atoms with Crippen LogP contribution in [0.2, 0.25) is 0 Å². The van der Waals surface area contributed by atoms with Gasteiger partial charge in [0, 0.05) is 0 Å². The van der Waals surface area contributed by atoms with Crippen LogP contribution in [0.25, 0.3) is 0 Å². The SMILES string of the molecule is CO/C(=N\S(=O)(=O)c1ccccc1)C(C)N(NC(=O)OC(C)(C)C)C(=O)OC(C)(C)C. The second-order valence-corrected chi connectivity index (χ2v) is 10.2. The lowest BCUT2D eigenvalue weighted by Crippen LogP contribution is -2.56. The van der Waals surface area contributed by atoms with Crippen LogP contribution in [0.3, 0.4) is 0 Å². The van der Waals surface area contributed by atoms with Crippen LogP contribution in [-0.2, 0) is 24.2 Å². The maximum atomic E-state index is 12.7. The quantitative estimate of drug-likeness (QED) is 0.417. The monoisotopic (exact) mass is 457 g/mol. The van der Waals surface area contributed by atoms with E-state index >= 15 is 0 Å². The first-order chi connectivity index (χ1) is 14.1. The lowest BCUT2D eigenvalue weighted by molar-refractivity contribution is -0.00329. The smallest absolute Gasteiger partial charge is 0.430 e. The van der Waals surface area contributed by atoms with Crippen LogP contribution in [-0.4, -0.2) is 55.9 Å². The van der Waals surface area contributed by atoms with Gasteiger partial charge in [0.15, 0.2) is 0 Å². The van der Waals surface area contributed by atoms with Gasteiger partial charge in [0.2, 0.25) is 5.90 Å². The van der Waals surface area contributed by atoms with E-state index in [-0.39, 0.29) is 10.8 Å². The van der Waals surface area contributed by atoms with Crippen LogP contribution >= 0.6 is 0 Å². The maximum Gasteiger partial charge on any atom is 0.430 e. The summed E-state index contributed by atoms with van der Waals surface area (Å²) < 4.78 is 44.6. The van der Waals surface area contributed by atoms with E-state index in [1.54, 1.807) is 59.7 Å². The van der Waals surface area contributed by atoms with Crippen molar-refractivity contribution in [3.8, 4) is 0 Å². The standard InChI is InChI=1S/C20H31N3O7S/c1-14(16(28-8)22-31(26,27)15-12-10-9-11-13-15)23(18(25)30-20(5,6)7)21-17(24)29-19(2,3)4/h9-14H,1-8H3,(H,21,24)/b22-16-. The van der Waals surface area contributed by atoms with Crippen molar-refractivity contribution in [2.24, 2.45) is 4.40 Å². The van der Waals surface area contributed by atoms with Gasteiger partial charge in [-0.05, 0) is 60.6 Å². The number of carbonyl (C=O) groups is 2. The van der Waals surface area contributed by atoms with E-state index in [9.17, 15) is 18.0 Å². The van der Waals surface area contributed by atoms with Crippen LogP contribution in [0.15, 0.2) is 39.6 Å². The van der Waals surface area contributed by atoms with Crippen molar-refractivity contribution in [2.75, 3.05) is 7.11 Å². The summed E-state index contributed by atoms with van der Waals surface area (Å²) in [5, 5.41) is 0.766. The fourth-order valence-corrected chi connectivity index (χ4v) is 3.24. The molecule has 11 heteroatoms. The average Bonchev–Trinajstić information content (AvgIpc) is 2.61. The van der Waals surface area contributed by atoms with E-state index in [0.29, 0.717) is 0 Å². The highest BCUT2D eigenvalue weighted by Gasteiger charge is 2.33.